The quantitative estimate of drug-likeness (QED) is 0.198. The van der Waals surface area contributed by atoms with Crippen LogP contribution in [0, 0.1) is 15.9 Å². The van der Waals surface area contributed by atoms with Crippen LogP contribution in [0.2, 0.25) is 0 Å². The predicted octanol–water partition coefficient (Wildman–Crippen LogP) is 7.88. The molecule has 0 amide bonds. The summed E-state index contributed by atoms with van der Waals surface area (Å²) in [6, 6.07) is 16.3. The van der Waals surface area contributed by atoms with Crippen LogP contribution in [0.3, 0.4) is 0 Å². The maximum absolute atomic E-state index is 13.8. The molecule has 0 unspecified atom stereocenters. The average Bonchev–Trinajstić information content (AvgIpc) is 2.87. The van der Waals surface area contributed by atoms with E-state index in [4.69, 9.17) is 0 Å². The van der Waals surface area contributed by atoms with Gasteiger partial charge in [0.2, 0.25) is 5.82 Å². The molecule has 0 aliphatic heterocycles. The molecule has 0 fully saturated rings. The molecule has 0 saturated heterocycles. The van der Waals surface area contributed by atoms with E-state index in [0.717, 1.165) is 36.3 Å². The number of nitro benzene ring substituents is 1. The molecule has 5 nitrogen and oxygen atoms in total. The van der Waals surface area contributed by atoms with Gasteiger partial charge in [-0.2, -0.15) is 4.39 Å². The lowest BCUT2D eigenvalue weighted by atomic mass is 10.1. The highest BCUT2D eigenvalue weighted by Gasteiger charge is 2.12. The summed E-state index contributed by atoms with van der Waals surface area (Å²) >= 11 is 0. The Morgan fingerprint density at radius 3 is 2.03 bits per heavy atom. The number of aromatic nitrogens is 1. The van der Waals surface area contributed by atoms with Gasteiger partial charge in [0, 0.05) is 31.0 Å². The van der Waals surface area contributed by atoms with E-state index < -0.39 is 16.4 Å². The van der Waals surface area contributed by atoms with Crippen LogP contribution in [-0.2, 0) is 0 Å². The van der Waals surface area contributed by atoms with Gasteiger partial charge in [0.15, 0.2) is 0 Å². The first-order chi connectivity index (χ1) is 17.0. The molecule has 0 bridgehead atoms. The van der Waals surface area contributed by atoms with Gasteiger partial charge in [0.05, 0.1) is 10.6 Å². The minimum absolute atomic E-state index is 0.531. The Labute approximate surface area is 206 Å². The van der Waals surface area contributed by atoms with Gasteiger partial charge in [0.25, 0.3) is 0 Å². The third-order valence-corrected chi connectivity index (χ3v) is 5.71. The molecule has 6 heteroatoms. The van der Waals surface area contributed by atoms with Crippen molar-refractivity contribution in [2.45, 2.75) is 39.5 Å². The van der Waals surface area contributed by atoms with E-state index in [1.165, 1.54) is 37.4 Å². The van der Waals surface area contributed by atoms with Crippen LogP contribution >= 0.6 is 0 Å². The Morgan fingerprint density at radius 1 is 0.857 bits per heavy atom. The Kier molecular flexibility index (Phi) is 9.72. The Morgan fingerprint density at radius 2 is 1.46 bits per heavy atom. The van der Waals surface area contributed by atoms with Gasteiger partial charge < -0.3 is 4.90 Å². The van der Waals surface area contributed by atoms with E-state index >= 15 is 0 Å². The number of benzene rings is 2. The third kappa shape index (κ3) is 7.88. The van der Waals surface area contributed by atoms with Crippen molar-refractivity contribution >= 4 is 35.7 Å². The number of pyridine rings is 1. The Balaban J connectivity index is 1.61. The van der Waals surface area contributed by atoms with Gasteiger partial charge in [0.1, 0.15) is 0 Å². The molecule has 0 aliphatic rings. The summed E-state index contributed by atoms with van der Waals surface area (Å²) in [5.74, 6) is -0.853. The van der Waals surface area contributed by atoms with Crippen molar-refractivity contribution in [3.63, 3.8) is 0 Å². The first kappa shape index (κ1) is 25.8. The van der Waals surface area contributed by atoms with Crippen molar-refractivity contribution in [1.29, 1.82) is 0 Å². The smallest absolute Gasteiger partial charge is 0.304 e. The van der Waals surface area contributed by atoms with Gasteiger partial charge in [-0.25, -0.2) is 0 Å². The highest BCUT2D eigenvalue weighted by Crippen LogP contribution is 2.20. The Hall–Kier alpha value is -3.80. The van der Waals surface area contributed by atoms with Crippen molar-refractivity contribution < 1.29 is 9.31 Å². The molecule has 0 radical (unpaired) electrons. The van der Waals surface area contributed by atoms with Gasteiger partial charge in [-0.1, -0.05) is 63.1 Å². The fourth-order valence-corrected chi connectivity index (χ4v) is 3.63. The maximum atomic E-state index is 13.8. The van der Waals surface area contributed by atoms with Crippen LogP contribution in [0.15, 0.2) is 60.8 Å². The van der Waals surface area contributed by atoms with E-state index in [0.29, 0.717) is 11.3 Å². The number of hydrogen-bond acceptors (Lipinski definition) is 4. The van der Waals surface area contributed by atoms with Crippen molar-refractivity contribution in [3.8, 4) is 0 Å². The fraction of sp³-hybridized carbons (Fsp3) is 0.276. The first-order valence-corrected chi connectivity index (χ1v) is 12.1. The monoisotopic (exact) mass is 473 g/mol. The predicted molar refractivity (Wildman–Crippen MR) is 144 cm³/mol. The van der Waals surface area contributed by atoms with Crippen molar-refractivity contribution in [2.75, 3.05) is 18.0 Å². The van der Waals surface area contributed by atoms with Gasteiger partial charge in [-0.3, -0.25) is 15.1 Å². The summed E-state index contributed by atoms with van der Waals surface area (Å²) < 4.78 is 13.8. The molecule has 1 aromatic heterocycles. The third-order valence-electron chi connectivity index (χ3n) is 5.71. The fourth-order valence-electron chi connectivity index (χ4n) is 3.63. The van der Waals surface area contributed by atoms with E-state index in [2.05, 4.69) is 54.1 Å². The topological polar surface area (TPSA) is 59.3 Å². The lowest BCUT2D eigenvalue weighted by Gasteiger charge is -2.24. The minimum Gasteiger partial charge on any atom is -0.372 e. The standard InChI is InChI=1S/C29H32FN3O2/c1-3-5-19-32(20-6-4-2)27-16-11-23(12-17-27)7-8-25-10-15-26(31-22-25)14-9-24-13-18-29(33(34)35)28(30)21-24/h7-18,21-22H,3-6,19-20H2,1-2H3. The number of hydrogen-bond donors (Lipinski definition) is 0. The van der Waals surface area contributed by atoms with E-state index in [-0.39, 0.29) is 0 Å². The summed E-state index contributed by atoms with van der Waals surface area (Å²) in [5, 5.41) is 10.7. The largest absolute Gasteiger partial charge is 0.372 e. The number of unbranched alkanes of at least 4 members (excludes halogenated alkanes) is 2. The Bertz CT molecular complexity index is 1150. The molecule has 35 heavy (non-hydrogen) atoms. The zero-order valence-corrected chi connectivity index (χ0v) is 20.4. The van der Waals surface area contributed by atoms with Gasteiger partial charge >= 0.3 is 5.69 Å². The van der Waals surface area contributed by atoms with Crippen LogP contribution in [0.5, 0.6) is 0 Å². The number of halogens is 1. The van der Waals surface area contributed by atoms with Crippen LogP contribution in [0.25, 0.3) is 24.3 Å². The molecule has 182 valence electrons. The van der Waals surface area contributed by atoms with Gasteiger partial charge in [-0.15, -0.1) is 0 Å². The number of nitrogens with zero attached hydrogens (tertiary/aromatic N) is 3. The van der Waals surface area contributed by atoms with E-state index in [1.54, 1.807) is 18.3 Å². The van der Waals surface area contributed by atoms with E-state index in [1.807, 2.05) is 18.2 Å². The van der Waals surface area contributed by atoms with Crippen LogP contribution in [-0.4, -0.2) is 23.0 Å². The summed E-state index contributed by atoms with van der Waals surface area (Å²) in [7, 11) is 0. The van der Waals surface area contributed by atoms with E-state index in [9.17, 15) is 14.5 Å². The van der Waals surface area contributed by atoms with Crippen molar-refractivity contribution in [1.82, 2.24) is 4.98 Å². The molecule has 0 N–H and O–H groups in total. The summed E-state index contributed by atoms with van der Waals surface area (Å²) in [4.78, 5) is 16.9. The normalized spacial score (nSPS) is 11.4. The molecule has 3 aromatic rings. The number of nitro groups is 1. The molecular formula is C29H32FN3O2. The first-order valence-electron chi connectivity index (χ1n) is 12.1. The highest BCUT2D eigenvalue weighted by atomic mass is 19.1. The second kappa shape index (κ2) is 13.2. The molecule has 1 heterocycles. The molecule has 2 aromatic carbocycles. The van der Waals surface area contributed by atoms with Gasteiger partial charge in [-0.05, 0) is 65.9 Å². The van der Waals surface area contributed by atoms with Crippen LogP contribution < -0.4 is 4.90 Å². The lowest BCUT2D eigenvalue weighted by molar-refractivity contribution is -0.387. The SMILES string of the molecule is CCCCN(CCCC)c1ccc(C=Cc2ccc(C=Cc3ccc([N+](=O)[O-])c(F)c3)nc2)cc1. The summed E-state index contributed by atoms with van der Waals surface area (Å²) in [6.07, 6.45) is 14.1. The second-order valence-corrected chi connectivity index (χ2v) is 8.44. The maximum Gasteiger partial charge on any atom is 0.304 e. The summed E-state index contributed by atoms with van der Waals surface area (Å²) in [5.41, 5.74) is 4.09. The van der Waals surface area contributed by atoms with Crippen molar-refractivity contribution in [3.05, 3.63) is 99.1 Å². The lowest BCUT2D eigenvalue weighted by Crippen LogP contribution is -2.25. The molecular weight excluding hydrogens is 441 g/mol. The van der Waals surface area contributed by atoms with Crippen molar-refractivity contribution in [2.24, 2.45) is 0 Å². The number of anilines is 1. The average molecular weight is 474 g/mol. The molecule has 0 atom stereocenters. The number of rotatable bonds is 12. The molecule has 0 saturated carbocycles. The second-order valence-electron chi connectivity index (χ2n) is 8.44. The van der Waals surface area contributed by atoms with Crippen LogP contribution in [0.1, 0.15) is 61.9 Å². The zero-order chi connectivity index (χ0) is 25.0. The molecule has 0 aliphatic carbocycles. The van der Waals surface area contributed by atoms with Crippen LogP contribution in [0.4, 0.5) is 15.8 Å². The molecule has 0 spiro atoms. The minimum atomic E-state index is -0.853. The summed E-state index contributed by atoms with van der Waals surface area (Å²) in [6.45, 7) is 6.64. The molecule has 3 rings (SSSR count). The highest BCUT2D eigenvalue weighted by molar-refractivity contribution is 5.72. The zero-order valence-electron chi connectivity index (χ0n) is 20.4.